The van der Waals surface area contributed by atoms with Gasteiger partial charge >= 0.3 is 6.09 Å². The number of carbonyl (C=O) groups excluding carboxylic acids is 1. The Morgan fingerprint density at radius 3 is 2.73 bits per heavy atom. The molecule has 5 rings (SSSR count). The largest absolute Gasteiger partial charge is 0.454 e. The van der Waals surface area contributed by atoms with Gasteiger partial charge in [0.1, 0.15) is 6.10 Å². The van der Waals surface area contributed by atoms with E-state index in [0.29, 0.717) is 30.9 Å². The van der Waals surface area contributed by atoms with Gasteiger partial charge in [0.05, 0.1) is 42.2 Å². The summed E-state index contributed by atoms with van der Waals surface area (Å²) in [5.74, 6) is 0.697. The molecule has 5 atom stereocenters. The quantitative estimate of drug-likeness (QED) is 0.337. The number of alkyl carbamates (subject to hydrolysis) is 1. The molecule has 5 unspecified atom stereocenters. The zero-order valence-corrected chi connectivity index (χ0v) is 25.7. The second-order valence-electron chi connectivity index (χ2n) is 12.1. The Hall–Kier alpha value is -3.41. The number of rotatable bonds is 13. The highest BCUT2D eigenvalue weighted by Gasteiger charge is 2.44. The average Bonchev–Trinajstić information content (AvgIpc) is 3.74. The fourth-order valence-electron chi connectivity index (χ4n) is 5.74. The first kappa shape index (κ1) is 32.0. The van der Waals surface area contributed by atoms with Crippen LogP contribution in [-0.4, -0.2) is 81.6 Å². The van der Waals surface area contributed by atoms with Crippen LogP contribution in [0.25, 0.3) is 0 Å². The van der Waals surface area contributed by atoms with Crippen LogP contribution in [0.2, 0.25) is 0 Å². The van der Waals surface area contributed by atoms with Crippen molar-refractivity contribution < 1.29 is 42.0 Å². The number of nitriles is 1. The van der Waals surface area contributed by atoms with Gasteiger partial charge in [0.2, 0.25) is 16.8 Å². The minimum absolute atomic E-state index is 0.00715. The van der Waals surface area contributed by atoms with E-state index in [9.17, 15) is 23.6 Å². The first-order chi connectivity index (χ1) is 21.1. The summed E-state index contributed by atoms with van der Waals surface area (Å²) in [7, 11) is -4.16. The summed E-state index contributed by atoms with van der Waals surface area (Å²) in [6.07, 6.45) is -1.30. The van der Waals surface area contributed by atoms with Gasteiger partial charge in [-0.05, 0) is 42.4 Å². The predicted molar refractivity (Wildman–Crippen MR) is 157 cm³/mol. The third-order valence-electron chi connectivity index (χ3n) is 8.20. The normalized spacial score (nSPS) is 22.3. The van der Waals surface area contributed by atoms with Crippen molar-refractivity contribution in [3.63, 3.8) is 0 Å². The lowest BCUT2D eigenvalue weighted by atomic mass is 9.88. The van der Waals surface area contributed by atoms with Gasteiger partial charge in [0, 0.05) is 25.6 Å². The van der Waals surface area contributed by atoms with Crippen LogP contribution in [-0.2, 0) is 30.7 Å². The molecule has 3 heterocycles. The van der Waals surface area contributed by atoms with Crippen LogP contribution in [0.5, 0.6) is 11.5 Å². The molecular formula is C31H39N3O9S. The fourth-order valence-corrected chi connectivity index (χ4v) is 7.40. The van der Waals surface area contributed by atoms with Crippen molar-refractivity contribution in [3.8, 4) is 17.6 Å². The molecule has 13 heteroatoms. The molecule has 2 saturated heterocycles. The van der Waals surface area contributed by atoms with Crippen molar-refractivity contribution in [2.24, 2.45) is 11.3 Å². The van der Waals surface area contributed by atoms with E-state index in [4.69, 9.17) is 23.7 Å². The van der Waals surface area contributed by atoms with Gasteiger partial charge in [-0.3, -0.25) is 0 Å². The number of benzene rings is 2. The molecular weight excluding hydrogens is 590 g/mol. The second-order valence-corrected chi connectivity index (χ2v) is 14.0. The molecule has 0 bridgehead atoms. The number of nitrogens with one attached hydrogen (secondary N) is 1. The van der Waals surface area contributed by atoms with Crippen LogP contribution in [0.4, 0.5) is 4.79 Å². The molecule has 1 amide bonds. The van der Waals surface area contributed by atoms with Gasteiger partial charge in [0.15, 0.2) is 17.8 Å². The summed E-state index contributed by atoms with van der Waals surface area (Å²) in [5.41, 5.74) is 0.243. The zero-order chi connectivity index (χ0) is 31.3. The summed E-state index contributed by atoms with van der Waals surface area (Å²) >= 11 is 0. The monoisotopic (exact) mass is 629 g/mol. The van der Waals surface area contributed by atoms with Gasteiger partial charge in [-0.15, -0.1) is 0 Å². The Balaban J connectivity index is 1.38. The number of aliphatic hydroxyl groups is 1. The van der Waals surface area contributed by atoms with Crippen LogP contribution in [0.3, 0.4) is 0 Å². The van der Waals surface area contributed by atoms with Crippen molar-refractivity contribution in [3.05, 3.63) is 54.1 Å². The molecule has 0 aromatic heterocycles. The van der Waals surface area contributed by atoms with Crippen molar-refractivity contribution in [2.75, 3.05) is 33.1 Å². The number of amides is 1. The predicted octanol–water partition coefficient (Wildman–Crippen LogP) is 3.20. The molecule has 3 aliphatic heterocycles. The fraction of sp³-hybridized carbons (Fsp3) is 0.548. The number of hydrogen-bond acceptors (Lipinski definition) is 10. The van der Waals surface area contributed by atoms with E-state index in [1.807, 2.05) is 44.2 Å². The van der Waals surface area contributed by atoms with Crippen LogP contribution in [0.1, 0.15) is 38.7 Å². The number of fused-ring (bicyclic) bond motifs is 2. The number of aliphatic hydroxyl groups excluding tert-OH is 1. The zero-order valence-electron chi connectivity index (χ0n) is 24.9. The molecule has 238 valence electrons. The van der Waals surface area contributed by atoms with Crippen LogP contribution < -0.4 is 14.8 Å². The second kappa shape index (κ2) is 13.7. The molecule has 3 aliphatic rings. The smallest absolute Gasteiger partial charge is 0.407 e. The Bertz CT molecular complexity index is 1450. The lowest BCUT2D eigenvalue weighted by molar-refractivity contribution is -0.0907. The van der Waals surface area contributed by atoms with Gasteiger partial charge in [-0.25, -0.2) is 13.2 Å². The van der Waals surface area contributed by atoms with E-state index in [-0.39, 0.29) is 50.1 Å². The Morgan fingerprint density at radius 1 is 1.18 bits per heavy atom. The highest BCUT2D eigenvalue weighted by atomic mass is 32.2. The summed E-state index contributed by atoms with van der Waals surface area (Å²) < 4.78 is 56.9. The maximum absolute atomic E-state index is 14.1. The molecule has 2 fully saturated rings. The van der Waals surface area contributed by atoms with Gasteiger partial charge in [-0.2, -0.15) is 9.57 Å². The lowest BCUT2D eigenvalue weighted by Crippen LogP contribution is -2.52. The number of nitrogens with zero attached hydrogens (tertiary/aromatic N) is 2. The van der Waals surface area contributed by atoms with Crippen LogP contribution in [0.15, 0.2) is 53.4 Å². The number of carbonyl (C=O) groups is 1. The Morgan fingerprint density at radius 2 is 1.95 bits per heavy atom. The number of ether oxygens (including phenoxy) is 5. The standard InChI is InChI=1S/C31H39N3O9S/c1-31(2,12-6-13-32)19-34(44(37,38)22-9-10-26-27(16-22)42-20-41-26)17-25(35)24(15-21-7-4-3-5-8-21)33-30(36)43-28-18-40-29-23(28)11-14-39-29/h3-5,7-10,16,23-25,28-29,35H,6,11-12,14-15,17-20H2,1-2H3,(H,33,36). The highest BCUT2D eigenvalue weighted by molar-refractivity contribution is 7.89. The molecule has 44 heavy (non-hydrogen) atoms. The minimum Gasteiger partial charge on any atom is -0.454 e. The van der Waals surface area contributed by atoms with Crippen LogP contribution >= 0.6 is 0 Å². The maximum atomic E-state index is 14.1. The van der Waals surface area contributed by atoms with E-state index in [2.05, 4.69) is 11.4 Å². The molecule has 0 saturated carbocycles. The first-order valence-electron chi connectivity index (χ1n) is 14.7. The van der Waals surface area contributed by atoms with Crippen molar-refractivity contribution in [1.29, 1.82) is 5.26 Å². The average molecular weight is 630 g/mol. The number of sulfonamides is 1. The molecule has 0 spiro atoms. The van der Waals surface area contributed by atoms with E-state index in [0.717, 1.165) is 5.56 Å². The SMILES string of the molecule is CC(C)(CCC#N)CN(CC(O)C(Cc1ccccc1)NC(=O)OC1COC2OCCC12)S(=O)(=O)c1ccc2c(c1)OCO2. The van der Waals surface area contributed by atoms with E-state index < -0.39 is 46.1 Å². The third kappa shape index (κ3) is 7.62. The topological polar surface area (TPSA) is 157 Å². The first-order valence-corrected chi connectivity index (χ1v) is 16.2. The van der Waals surface area contributed by atoms with Gasteiger partial charge in [-0.1, -0.05) is 44.2 Å². The van der Waals surface area contributed by atoms with Crippen LogP contribution in [0, 0.1) is 22.7 Å². The maximum Gasteiger partial charge on any atom is 0.407 e. The summed E-state index contributed by atoms with van der Waals surface area (Å²) in [5, 5.41) is 23.6. The third-order valence-corrected chi connectivity index (χ3v) is 10.0. The van der Waals surface area contributed by atoms with Crippen molar-refractivity contribution in [1.82, 2.24) is 9.62 Å². The van der Waals surface area contributed by atoms with E-state index >= 15 is 0 Å². The highest BCUT2D eigenvalue weighted by Crippen LogP contribution is 2.36. The van der Waals surface area contributed by atoms with Gasteiger partial charge < -0.3 is 34.1 Å². The summed E-state index contributed by atoms with van der Waals surface area (Å²) in [6.45, 7) is 4.19. The molecule has 0 radical (unpaired) electrons. The van der Waals surface area contributed by atoms with Crippen molar-refractivity contribution in [2.45, 2.75) is 69.0 Å². The summed E-state index contributed by atoms with van der Waals surface area (Å²) in [4.78, 5) is 13.1. The minimum atomic E-state index is -4.16. The molecule has 0 aliphatic carbocycles. The molecule has 2 aromatic rings. The summed E-state index contributed by atoms with van der Waals surface area (Å²) in [6, 6.07) is 14.9. The Labute approximate surface area is 257 Å². The molecule has 12 nitrogen and oxygen atoms in total. The lowest BCUT2D eigenvalue weighted by Gasteiger charge is -2.35. The molecule has 2 N–H and O–H groups in total. The number of hydrogen-bond donors (Lipinski definition) is 2. The van der Waals surface area contributed by atoms with E-state index in [1.165, 1.54) is 22.5 Å². The van der Waals surface area contributed by atoms with Gasteiger partial charge in [0.25, 0.3) is 0 Å². The molecule has 2 aromatic carbocycles. The Kier molecular flexibility index (Phi) is 9.97. The van der Waals surface area contributed by atoms with E-state index in [1.54, 1.807) is 0 Å². The van der Waals surface area contributed by atoms with Crippen molar-refractivity contribution >= 4 is 16.1 Å².